The highest BCUT2D eigenvalue weighted by atomic mass is 32.2. The highest BCUT2D eigenvalue weighted by molar-refractivity contribution is 7.88. The summed E-state index contributed by atoms with van der Waals surface area (Å²) in [6, 6.07) is 1.51. The fourth-order valence-electron chi connectivity index (χ4n) is 2.53. The lowest BCUT2D eigenvalue weighted by Crippen LogP contribution is -2.41. The minimum atomic E-state index is -4.26. The predicted octanol–water partition coefficient (Wildman–Crippen LogP) is 2.48. The van der Waals surface area contributed by atoms with Crippen LogP contribution >= 0.6 is 0 Å². The Balaban J connectivity index is 2.02. The minimum Gasteiger partial charge on any atom is -0.360 e. The van der Waals surface area contributed by atoms with E-state index in [-0.39, 0.29) is 24.6 Å². The van der Waals surface area contributed by atoms with Crippen LogP contribution in [0.3, 0.4) is 0 Å². The van der Waals surface area contributed by atoms with Gasteiger partial charge in [0.2, 0.25) is 10.0 Å². The highest BCUT2D eigenvalue weighted by Gasteiger charge is 2.36. The van der Waals surface area contributed by atoms with E-state index in [1.807, 2.05) is 0 Å². The summed E-state index contributed by atoms with van der Waals surface area (Å²) in [5.74, 6) is -0.845. The van der Waals surface area contributed by atoms with Gasteiger partial charge in [0, 0.05) is 25.6 Å². The quantitative estimate of drug-likeness (QED) is 0.853. The summed E-state index contributed by atoms with van der Waals surface area (Å²) in [6.07, 6.45) is -4.37. The van der Waals surface area contributed by atoms with Crippen LogP contribution in [0.1, 0.15) is 30.7 Å². The average molecular weight is 326 g/mol. The number of sulfonamides is 1. The van der Waals surface area contributed by atoms with Crippen molar-refractivity contribution >= 4 is 10.0 Å². The van der Waals surface area contributed by atoms with Crippen molar-refractivity contribution in [3.8, 4) is 0 Å². The van der Waals surface area contributed by atoms with Crippen molar-refractivity contribution in [1.29, 1.82) is 0 Å². The van der Waals surface area contributed by atoms with E-state index in [0.717, 1.165) is 4.31 Å². The number of rotatable bonds is 4. The van der Waals surface area contributed by atoms with Crippen LogP contribution in [0.15, 0.2) is 10.6 Å². The van der Waals surface area contributed by atoms with E-state index in [1.165, 1.54) is 6.07 Å². The first-order chi connectivity index (χ1) is 9.66. The summed E-state index contributed by atoms with van der Waals surface area (Å²) in [6.45, 7) is 1.83. The minimum absolute atomic E-state index is 0.0883. The van der Waals surface area contributed by atoms with Gasteiger partial charge in [-0.25, -0.2) is 12.7 Å². The third-order valence-electron chi connectivity index (χ3n) is 3.40. The number of alkyl halides is 3. The standard InChI is InChI=1S/C12H17F3N2O3S/c1-9-5-11(20-16-9)8-21(18,19)17-4-2-3-10(7-17)6-12(13,14)15/h5,10H,2-4,6-8H2,1H3. The summed E-state index contributed by atoms with van der Waals surface area (Å²) in [5, 5.41) is 3.60. The number of halogens is 3. The van der Waals surface area contributed by atoms with Crippen molar-refractivity contribution in [2.24, 2.45) is 5.92 Å². The van der Waals surface area contributed by atoms with Crippen LogP contribution in [0.4, 0.5) is 13.2 Å². The largest absolute Gasteiger partial charge is 0.389 e. The zero-order valence-corrected chi connectivity index (χ0v) is 12.4. The zero-order valence-electron chi connectivity index (χ0n) is 11.6. The van der Waals surface area contributed by atoms with Crippen molar-refractivity contribution in [1.82, 2.24) is 9.46 Å². The summed E-state index contributed by atoms with van der Waals surface area (Å²) in [7, 11) is -3.68. The Morgan fingerprint density at radius 2 is 2.19 bits per heavy atom. The van der Waals surface area contributed by atoms with Crippen LogP contribution in [0, 0.1) is 12.8 Å². The zero-order chi connectivity index (χ0) is 15.7. The Bertz CT molecular complexity index is 583. The first kappa shape index (κ1) is 16.3. The Labute approximate surface area is 121 Å². The van der Waals surface area contributed by atoms with Crippen molar-refractivity contribution in [2.45, 2.75) is 38.1 Å². The Morgan fingerprint density at radius 3 is 2.76 bits per heavy atom. The van der Waals surface area contributed by atoms with Crippen LogP contribution in [0.2, 0.25) is 0 Å². The van der Waals surface area contributed by atoms with Gasteiger partial charge in [0.05, 0.1) is 5.69 Å². The van der Waals surface area contributed by atoms with Gasteiger partial charge in [-0.15, -0.1) is 0 Å². The second-order valence-corrected chi connectivity index (χ2v) is 7.35. The van der Waals surface area contributed by atoms with Gasteiger partial charge >= 0.3 is 6.18 Å². The Morgan fingerprint density at radius 1 is 1.48 bits per heavy atom. The molecule has 1 atom stereocenters. The van der Waals surface area contributed by atoms with Crippen LogP contribution < -0.4 is 0 Å². The molecule has 0 spiro atoms. The third kappa shape index (κ3) is 4.70. The molecule has 5 nitrogen and oxygen atoms in total. The van der Waals surface area contributed by atoms with Gasteiger partial charge in [0.1, 0.15) is 5.75 Å². The molecular formula is C12H17F3N2O3S. The highest BCUT2D eigenvalue weighted by Crippen LogP contribution is 2.31. The first-order valence-corrected chi connectivity index (χ1v) is 8.23. The van der Waals surface area contributed by atoms with Gasteiger partial charge in [-0.1, -0.05) is 5.16 Å². The van der Waals surface area contributed by atoms with Gasteiger partial charge in [-0.05, 0) is 25.7 Å². The Hall–Kier alpha value is -1.09. The molecule has 1 saturated heterocycles. The smallest absolute Gasteiger partial charge is 0.360 e. The Kier molecular flexibility index (Phi) is 4.62. The molecule has 1 fully saturated rings. The van der Waals surface area contributed by atoms with Crippen molar-refractivity contribution in [3.05, 3.63) is 17.5 Å². The van der Waals surface area contributed by atoms with Gasteiger partial charge in [-0.2, -0.15) is 13.2 Å². The molecule has 1 aromatic heterocycles. The van der Waals surface area contributed by atoms with Crippen LogP contribution in [-0.4, -0.2) is 37.1 Å². The second kappa shape index (κ2) is 5.96. The molecule has 0 amide bonds. The molecule has 0 N–H and O–H groups in total. The van der Waals surface area contributed by atoms with Crippen molar-refractivity contribution in [3.63, 3.8) is 0 Å². The fraction of sp³-hybridized carbons (Fsp3) is 0.750. The monoisotopic (exact) mass is 326 g/mol. The lowest BCUT2D eigenvalue weighted by molar-refractivity contribution is -0.146. The third-order valence-corrected chi connectivity index (χ3v) is 5.16. The van der Waals surface area contributed by atoms with E-state index in [9.17, 15) is 21.6 Å². The summed E-state index contributed by atoms with van der Waals surface area (Å²) in [5.41, 5.74) is 0.564. The molecule has 1 aromatic rings. The summed E-state index contributed by atoms with van der Waals surface area (Å²) < 4.78 is 67.7. The number of piperidine rings is 1. The molecule has 0 bridgehead atoms. The topological polar surface area (TPSA) is 63.4 Å². The number of hydrogen-bond donors (Lipinski definition) is 0. The summed E-state index contributed by atoms with van der Waals surface area (Å²) >= 11 is 0. The second-order valence-electron chi connectivity index (χ2n) is 5.38. The van der Waals surface area contributed by atoms with E-state index < -0.39 is 28.5 Å². The van der Waals surface area contributed by atoms with Crippen LogP contribution in [0.25, 0.3) is 0 Å². The average Bonchev–Trinajstić information content (AvgIpc) is 2.72. The van der Waals surface area contributed by atoms with Crippen molar-refractivity contribution in [2.75, 3.05) is 13.1 Å². The molecule has 1 unspecified atom stereocenters. The predicted molar refractivity (Wildman–Crippen MR) is 68.8 cm³/mol. The molecule has 9 heteroatoms. The molecule has 0 radical (unpaired) electrons. The van der Waals surface area contributed by atoms with E-state index in [4.69, 9.17) is 4.52 Å². The molecule has 2 heterocycles. The molecule has 1 aliphatic rings. The number of aryl methyl sites for hydroxylation is 1. The van der Waals surface area contributed by atoms with Gasteiger partial charge in [0.15, 0.2) is 5.76 Å². The first-order valence-electron chi connectivity index (χ1n) is 6.62. The molecule has 21 heavy (non-hydrogen) atoms. The molecular weight excluding hydrogens is 309 g/mol. The number of aromatic nitrogens is 1. The van der Waals surface area contributed by atoms with E-state index in [2.05, 4.69) is 5.16 Å². The normalized spacial score (nSPS) is 21.6. The summed E-state index contributed by atoms with van der Waals surface area (Å²) in [4.78, 5) is 0. The molecule has 1 aliphatic heterocycles. The van der Waals surface area contributed by atoms with Gasteiger partial charge in [0.25, 0.3) is 0 Å². The maximum atomic E-state index is 12.4. The van der Waals surface area contributed by atoms with E-state index in [0.29, 0.717) is 18.5 Å². The molecule has 0 aliphatic carbocycles. The van der Waals surface area contributed by atoms with E-state index >= 15 is 0 Å². The lowest BCUT2D eigenvalue weighted by atomic mass is 9.96. The van der Waals surface area contributed by atoms with Crippen molar-refractivity contribution < 1.29 is 26.1 Å². The van der Waals surface area contributed by atoms with Crippen LogP contribution in [0.5, 0.6) is 0 Å². The fourth-order valence-corrected chi connectivity index (χ4v) is 4.05. The molecule has 0 saturated carbocycles. The van der Waals surface area contributed by atoms with Gasteiger partial charge in [-0.3, -0.25) is 0 Å². The molecule has 0 aromatic carbocycles. The maximum absolute atomic E-state index is 12.4. The van der Waals surface area contributed by atoms with E-state index in [1.54, 1.807) is 6.92 Å². The number of hydrogen-bond acceptors (Lipinski definition) is 4. The SMILES string of the molecule is Cc1cc(CS(=O)(=O)N2CCCC(CC(F)(F)F)C2)on1. The lowest BCUT2D eigenvalue weighted by Gasteiger charge is -2.32. The molecule has 2 rings (SSSR count). The van der Waals surface area contributed by atoms with Crippen LogP contribution in [-0.2, 0) is 15.8 Å². The maximum Gasteiger partial charge on any atom is 0.389 e. The number of nitrogens with zero attached hydrogens (tertiary/aromatic N) is 2. The molecule has 120 valence electrons. The van der Waals surface area contributed by atoms with Gasteiger partial charge < -0.3 is 4.52 Å².